The molecule has 2 N–H and O–H groups in total. The van der Waals surface area contributed by atoms with Gasteiger partial charge in [-0.1, -0.05) is 18.2 Å². The Morgan fingerprint density at radius 3 is 2.48 bits per heavy atom. The minimum Gasteiger partial charge on any atom is -0.497 e. The molecule has 0 aliphatic carbocycles. The van der Waals surface area contributed by atoms with Crippen LogP contribution >= 0.6 is 0 Å². The number of methoxy groups -OCH3 is 1. The van der Waals surface area contributed by atoms with E-state index in [0.29, 0.717) is 29.5 Å². The van der Waals surface area contributed by atoms with Crippen molar-refractivity contribution in [2.24, 2.45) is 0 Å². The Labute approximate surface area is 135 Å². The zero-order valence-electron chi connectivity index (χ0n) is 13.2. The standard InChI is InChI=1S/C17H20N2O4/c1-3-22-15-9-4-5-10-16(15)23-12-18-17(20)19-13-7-6-8-14(11-13)21-2/h4-11H,3,12H2,1-2H3,(H2,18,19,20). The second kappa shape index (κ2) is 8.53. The number of hydrogen-bond acceptors (Lipinski definition) is 4. The number of rotatable bonds is 7. The Morgan fingerprint density at radius 2 is 1.78 bits per heavy atom. The lowest BCUT2D eigenvalue weighted by Gasteiger charge is -2.12. The Bertz CT molecular complexity index is 646. The van der Waals surface area contributed by atoms with Gasteiger partial charge in [0.1, 0.15) is 5.75 Å². The van der Waals surface area contributed by atoms with Crippen molar-refractivity contribution in [1.82, 2.24) is 5.32 Å². The first kappa shape index (κ1) is 16.5. The Balaban J connectivity index is 1.83. The largest absolute Gasteiger partial charge is 0.497 e. The second-order valence-electron chi connectivity index (χ2n) is 4.53. The highest BCUT2D eigenvalue weighted by atomic mass is 16.5. The van der Waals surface area contributed by atoms with Crippen LogP contribution in [0.1, 0.15) is 6.92 Å². The minimum atomic E-state index is -0.368. The number of hydrogen-bond donors (Lipinski definition) is 2. The van der Waals surface area contributed by atoms with Gasteiger partial charge in [-0.2, -0.15) is 0 Å². The SMILES string of the molecule is CCOc1ccccc1OCNC(=O)Nc1cccc(OC)c1. The summed E-state index contributed by atoms with van der Waals surface area (Å²) in [5, 5.41) is 5.32. The zero-order chi connectivity index (χ0) is 16.5. The second-order valence-corrected chi connectivity index (χ2v) is 4.53. The van der Waals surface area contributed by atoms with Gasteiger partial charge in [-0.25, -0.2) is 4.79 Å². The number of nitrogens with one attached hydrogen (secondary N) is 2. The molecule has 0 saturated carbocycles. The quantitative estimate of drug-likeness (QED) is 0.769. The van der Waals surface area contributed by atoms with Crippen molar-refractivity contribution in [2.75, 3.05) is 25.8 Å². The summed E-state index contributed by atoms with van der Waals surface area (Å²) in [5.41, 5.74) is 0.636. The molecule has 2 aromatic carbocycles. The number of para-hydroxylation sites is 2. The molecule has 0 aromatic heterocycles. The lowest BCUT2D eigenvalue weighted by Crippen LogP contribution is -2.32. The zero-order valence-corrected chi connectivity index (χ0v) is 13.2. The fourth-order valence-electron chi connectivity index (χ4n) is 1.90. The lowest BCUT2D eigenvalue weighted by molar-refractivity contribution is 0.229. The number of amides is 2. The third-order valence-electron chi connectivity index (χ3n) is 2.94. The summed E-state index contributed by atoms with van der Waals surface area (Å²) >= 11 is 0. The van der Waals surface area contributed by atoms with Crippen LogP contribution in [0.3, 0.4) is 0 Å². The minimum absolute atomic E-state index is 0.0277. The number of anilines is 1. The van der Waals surface area contributed by atoms with Gasteiger partial charge < -0.3 is 24.8 Å². The van der Waals surface area contributed by atoms with E-state index in [1.54, 1.807) is 37.4 Å². The van der Waals surface area contributed by atoms with Crippen LogP contribution in [0.4, 0.5) is 10.5 Å². The Hall–Kier alpha value is -2.89. The number of benzene rings is 2. The van der Waals surface area contributed by atoms with E-state index in [4.69, 9.17) is 14.2 Å². The maximum absolute atomic E-state index is 11.8. The van der Waals surface area contributed by atoms with E-state index in [1.165, 1.54) is 0 Å². The van der Waals surface area contributed by atoms with Crippen molar-refractivity contribution in [1.29, 1.82) is 0 Å². The summed E-state index contributed by atoms with van der Waals surface area (Å²) in [6.07, 6.45) is 0. The molecule has 0 unspecified atom stereocenters. The van der Waals surface area contributed by atoms with E-state index >= 15 is 0 Å². The third kappa shape index (κ3) is 5.10. The number of ether oxygens (including phenoxy) is 3. The summed E-state index contributed by atoms with van der Waals surface area (Å²) < 4.78 is 16.1. The highest BCUT2D eigenvalue weighted by molar-refractivity contribution is 5.89. The van der Waals surface area contributed by atoms with Crippen LogP contribution < -0.4 is 24.8 Å². The molecule has 2 rings (SSSR count). The van der Waals surface area contributed by atoms with E-state index in [9.17, 15) is 4.79 Å². The van der Waals surface area contributed by atoms with Crippen LogP contribution in [0, 0.1) is 0 Å². The summed E-state index contributed by atoms with van der Waals surface area (Å²) in [7, 11) is 1.57. The number of carbonyl (C=O) groups is 1. The van der Waals surface area contributed by atoms with Gasteiger partial charge in [-0.05, 0) is 31.2 Å². The average molecular weight is 316 g/mol. The van der Waals surface area contributed by atoms with E-state index < -0.39 is 0 Å². The smallest absolute Gasteiger partial charge is 0.321 e. The van der Waals surface area contributed by atoms with Crippen molar-refractivity contribution < 1.29 is 19.0 Å². The number of urea groups is 1. The maximum Gasteiger partial charge on any atom is 0.321 e. The monoisotopic (exact) mass is 316 g/mol. The van der Waals surface area contributed by atoms with Gasteiger partial charge in [-0.15, -0.1) is 0 Å². The molecule has 2 aromatic rings. The number of carbonyl (C=O) groups excluding carboxylic acids is 1. The van der Waals surface area contributed by atoms with Crippen molar-refractivity contribution in [3.8, 4) is 17.2 Å². The molecule has 23 heavy (non-hydrogen) atoms. The molecular weight excluding hydrogens is 296 g/mol. The summed E-state index contributed by atoms with van der Waals surface area (Å²) in [6.45, 7) is 2.47. The topological polar surface area (TPSA) is 68.8 Å². The first-order valence-electron chi connectivity index (χ1n) is 7.26. The van der Waals surface area contributed by atoms with Crippen molar-refractivity contribution in [3.63, 3.8) is 0 Å². The van der Waals surface area contributed by atoms with Crippen LogP contribution in [-0.2, 0) is 0 Å². The molecule has 0 radical (unpaired) electrons. The van der Waals surface area contributed by atoms with Crippen molar-refractivity contribution >= 4 is 11.7 Å². The molecule has 0 fully saturated rings. The fraction of sp³-hybridized carbons (Fsp3) is 0.235. The van der Waals surface area contributed by atoms with Gasteiger partial charge >= 0.3 is 6.03 Å². The normalized spacial score (nSPS) is 9.83. The molecule has 0 aliphatic heterocycles. The van der Waals surface area contributed by atoms with E-state index in [-0.39, 0.29) is 12.8 Å². The average Bonchev–Trinajstić information content (AvgIpc) is 2.57. The van der Waals surface area contributed by atoms with Gasteiger partial charge in [0.25, 0.3) is 0 Å². The molecule has 0 atom stereocenters. The fourth-order valence-corrected chi connectivity index (χ4v) is 1.90. The van der Waals surface area contributed by atoms with Crippen LogP contribution in [0.15, 0.2) is 48.5 Å². The lowest BCUT2D eigenvalue weighted by atomic mass is 10.3. The van der Waals surface area contributed by atoms with Crippen molar-refractivity contribution in [2.45, 2.75) is 6.92 Å². The van der Waals surface area contributed by atoms with E-state index in [1.807, 2.05) is 25.1 Å². The van der Waals surface area contributed by atoms with Gasteiger partial charge in [0.05, 0.1) is 13.7 Å². The predicted octanol–water partition coefficient (Wildman–Crippen LogP) is 3.25. The van der Waals surface area contributed by atoms with Crippen LogP contribution in [-0.4, -0.2) is 26.5 Å². The Morgan fingerprint density at radius 1 is 1.04 bits per heavy atom. The van der Waals surface area contributed by atoms with Crippen LogP contribution in [0.2, 0.25) is 0 Å². The summed E-state index contributed by atoms with van der Waals surface area (Å²) in [6, 6.07) is 14.0. The summed E-state index contributed by atoms with van der Waals surface area (Å²) in [5.74, 6) is 1.89. The molecule has 122 valence electrons. The van der Waals surface area contributed by atoms with Gasteiger partial charge in [0.15, 0.2) is 18.2 Å². The molecule has 0 spiro atoms. The highest BCUT2D eigenvalue weighted by Crippen LogP contribution is 2.25. The first-order valence-corrected chi connectivity index (χ1v) is 7.26. The van der Waals surface area contributed by atoms with Crippen LogP contribution in [0.25, 0.3) is 0 Å². The Kier molecular flexibility index (Phi) is 6.11. The van der Waals surface area contributed by atoms with Gasteiger partial charge in [0.2, 0.25) is 0 Å². The molecular formula is C17H20N2O4. The molecule has 6 nitrogen and oxygen atoms in total. The molecule has 0 bridgehead atoms. The molecule has 0 aliphatic rings. The van der Waals surface area contributed by atoms with Gasteiger partial charge in [0, 0.05) is 11.8 Å². The molecule has 2 amide bonds. The third-order valence-corrected chi connectivity index (χ3v) is 2.94. The van der Waals surface area contributed by atoms with Crippen LogP contribution in [0.5, 0.6) is 17.2 Å². The highest BCUT2D eigenvalue weighted by Gasteiger charge is 2.05. The molecule has 0 heterocycles. The van der Waals surface area contributed by atoms with Gasteiger partial charge in [-0.3, -0.25) is 0 Å². The summed E-state index contributed by atoms with van der Waals surface area (Å²) in [4.78, 5) is 11.8. The first-order chi connectivity index (χ1) is 11.2. The molecule has 6 heteroatoms. The molecule has 0 saturated heterocycles. The maximum atomic E-state index is 11.8. The van der Waals surface area contributed by atoms with E-state index in [0.717, 1.165) is 0 Å². The predicted molar refractivity (Wildman–Crippen MR) is 88.3 cm³/mol. The van der Waals surface area contributed by atoms with E-state index in [2.05, 4.69) is 10.6 Å². The van der Waals surface area contributed by atoms with Crippen molar-refractivity contribution in [3.05, 3.63) is 48.5 Å².